The highest BCUT2D eigenvalue weighted by atomic mass is 16.4. The molecule has 6 heteroatoms. The van der Waals surface area contributed by atoms with Crippen molar-refractivity contribution in [1.29, 1.82) is 0 Å². The molecule has 156 valence electrons. The van der Waals surface area contributed by atoms with Crippen LogP contribution in [0.15, 0.2) is 48.8 Å². The summed E-state index contributed by atoms with van der Waals surface area (Å²) in [7, 11) is 0. The van der Waals surface area contributed by atoms with E-state index in [0.717, 1.165) is 24.0 Å². The zero-order valence-corrected chi connectivity index (χ0v) is 17.0. The number of nitrogens with zero attached hydrogens (tertiary/aromatic N) is 2. The highest BCUT2D eigenvalue weighted by Crippen LogP contribution is 2.28. The van der Waals surface area contributed by atoms with Crippen molar-refractivity contribution >= 4 is 11.8 Å². The summed E-state index contributed by atoms with van der Waals surface area (Å²) < 4.78 is 0. The van der Waals surface area contributed by atoms with E-state index in [0.29, 0.717) is 18.2 Å². The monoisotopic (exact) mass is 397 g/mol. The number of para-hydroxylation sites is 1. The molecule has 3 rings (SSSR count). The van der Waals surface area contributed by atoms with Gasteiger partial charge in [-0.3, -0.25) is 9.88 Å². The van der Waals surface area contributed by atoms with Gasteiger partial charge in [0, 0.05) is 25.0 Å². The molecule has 6 nitrogen and oxygen atoms in total. The minimum Gasteiger partial charge on any atom is -0.465 e. The standard InChI is InChI=1S/C23H31N3O3/c1-17(22(27)19-9-3-2-4-10-19)25-15-20-11-5-6-12-21(20)26(23(28)29)16-18-8-7-13-24-14-18/h5-8,11-14,17,19,22,25,27H,2-4,9-10,15-16H2,1H3,(H,28,29)/t17-,22-/m0/s1. The van der Waals surface area contributed by atoms with Crippen molar-refractivity contribution in [3.05, 3.63) is 59.9 Å². The van der Waals surface area contributed by atoms with Gasteiger partial charge in [-0.1, -0.05) is 43.5 Å². The average molecular weight is 398 g/mol. The second-order valence-electron chi connectivity index (χ2n) is 7.92. The number of hydrogen-bond acceptors (Lipinski definition) is 4. The Morgan fingerprint density at radius 1 is 1.21 bits per heavy atom. The van der Waals surface area contributed by atoms with E-state index in [9.17, 15) is 15.0 Å². The molecule has 0 radical (unpaired) electrons. The predicted octanol–water partition coefficient (Wildman–Crippen LogP) is 4.19. The second kappa shape index (κ2) is 10.4. The zero-order chi connectivity index (χ0) is 20.6. The fraction of sp³-hybridized carbons (Fsp3) is 0.478. The van der Waals surface area contributed by atoms with Gasteiger partial charge in [-0.2, -0.15) is 0 Å². The molecule has 1 heterocycles. The first-order valence-electron chi connectivity index (χ1n) is 10.4. The number of pyridine rings is 1. The number of aliphatic hydroxyl groups is 1. The first kappa shape index (κ1) is 21.3. The number of hydrogen-bond donors (Lipinski definition) is 3. The maximum absolute atomic E-state index is 12.0. The van der Waals surface area contributed by atoms with Gasteiger partial charge >= 0.3 is 6.09 Å². The highest BCUT2D eigenvalue weighted by molar-refractivity contribution is 5.87. The minimum absolute atomic E-state index is 0.0530. The smallest absolute Gasteiger partial charge is 0.412 e. The number of anilines is 1. The SMILES string of the molecule is C[C@H](NCc1ccccc1N(Cc1cccnc1)C(=O)O)[C@H](O)C1CCCCC1. The first-order valence-corrected chi connectivity index (χ1v) is 10.4. The van der Waals surface area contributed by atoms with E-state index in [-0.39, 0.29) is 18.7 Å². The van der Waals surface area contributed by atoms with Crippen molar-refractivity contribution in [3.8, 4) is 0 Å². The maximum Gasteiger partial charge on any atom is 0.412 e. The lowest BCUT2D eigenvalue weighted by atomic mass is 9.83. The molecule has 1 aromatic heterocycles. The van der Waals surface area contributed by atoms with Gasteiger partial charge in [0.1, 0.15) is 0 Å². The van der Waals surface area contributed by atoms with E-state index in [1.54, 1.807) is 18.5 Å². The third kappa shape index (κ3) is 5.78. The maximum atomic E-state index is 12.0. The van der Waals surface area contributed by atoms with E-state index in [1.807, 2.05) is 37.3 Å². The van der Waals surface area contributed by atoms with Crippen LogP contribution in [0.3, 0.4) is 0 Å². The quantitative estimate of drug-likeness (QED) is 0.622. The zero-order valence-electron chi connectivity index (χ0n) is 17.0. The molecule has 2 aromatic rings. The number of carboxylic acid groups (broad SMARTS) is 1. The van der Waals surface area contributed by atoms with E-state index in [4.69, 9.17) is 0 Å². The minimum atomic E-state index is -1.00. The van der Waals surface area contributed by atoms with Gasteiger partial charge in [-0.15, -0.1) is 0 Å². The van der Waals surface area contributed by atoms with Gasteiger partial charge in [-0.25, -0.2) is 4.79 Å². The molecule has 1 amide bonds. The number of aromatic nitrogens is 1. The van der Waals surface area contributed by atoms with Crippen LogP contribution in [-0.4, -0.2) is 33.4 Å². The first-order chi connectivity index (χ1) is 14.1. The molecule has 0 spiro atoms. The Bertz CT molecular complexity index is 778. The largest absolute Gasteiger partial charge is 0.465 e. The lowest BCUT2D eigenvalue weighted by Crippen LogP contribution is -2.42. The Kier molecular flexibility index (Phi) is 7.61. The second-order valence-corrected chi connectivity index (χ2v) is 7.92. The van der Waals surface area contributed by atoms with Crippen LogP contribution in [0.25, 0.3) is 0 Å². The summed E-state index contributed by atoms with van der Waals surface area (Å²) in [6.07, 6.45) is 7.79. The molecule has 29 heavy (non-hydrogen) atoms. The lowest BCUT2D eigenvalue weighted by molar-refractivity contribution is 0.0550. The van der Waals surface area contributed by atoms with Crippen molar-refractivity contribution in [3.63, 3.8) is 0 Å². The van der Waals surface area contributed by atoms with Crippen LogP contribution in [0, 0.1) is 5.92 Å². The van der Waals surface area contributed by atoms with Gasteiger partial charge in [-0.05, 0) is 48.9 Å². The van der Waals surface area contributed by atoms with E-state index in [2.05, 4.69) is 10.3 Å². The number of carbonyl (C=O) groups is 1. The molecular formula is C23H31N3O3. The lowest BCUT2D eigenvalue weighted by Gasteiger charge is -2.31. The van der Waals surface area contributed by atoms with Gasteiger partial charge < -0.3 is 15.5 Å². The van der Waals surface area contributed by atoms with Crippen molar-refractivity contribution in [2.45, 2.75) is 64.3 Å². The van der Waals surface area contributed by atoms with Crippen molar-refractivity contribution in [2.75, 3.05) is 4.90 Å². The Morgan fingerprint density at radius 3 is 2.66 bits per heavy atom. The summed E-state index contributed by atoms with van der Waals surface area (Å²) in [6.45, 7) is 2.74. The summed E-state index contributed by atoms with van der Waals surface area (Å²) >= 11 is 0. The van der Waals surface area contributed by atoms with Crippen molar-refractivity contribution in [1.82, 2.24) is 10.3 Å². The molecular weight excluding hydrogens is 366 g/mol. The molecule has 0 unspecified atom stereocenters. The molecule has 2 atom stereocenters. The van der Waals surface area contributed by atoms with E-state index >= 15 is 0 Å². The predicted molar refractivity (Wildman–Crippen MR) is 114 cm³/mol. The van der Waals surface area contributed by atoms with Crippen molar-refractivity contribution < 1.29 is 15.0 Å². The van der Waals surface area contributed by atoms with Gasteiger partial charge in [0.25, 0.3) is 0 Å². The summed E-state index contributed by atoms with van der Waals surface area (Å²) in [4.78, 5) is 17.4. The van der Waals surface area contributed by atoms with Gasteiger partial charge in [0.15, 0.2) is 0 Å². The topological polar surface area (TPSA) is 85.7 Å². The number of benzene rings is 1. The normalized spacial score (nSPS) is 16.9. The van der Waals surface area contributed by atoms with Crippen LogP contribution in [0.4, 0.5) is 10.5 Å². The Morgan fingerprint density at radius 2 is 1.97 bits per heavy atom. The fourth-order valence-corrected chi connectivity index (χ4v) is 4.13. The number of amides is 1. The fourth-order valence-electron chi connectivity index (χ4n) is 4.13. The molecule has 0 aliphatic heterocycles. The number of rotatable bonds is 8. The number of aliphatic hydroxyl groups excluding tert-OH is 1. The Balaban J connectivity index is 1.69. The number of nitrogens with one attached hydrogen (secondary N) is 1. The van der Waals surface area contributed by atoms with E-state index in [1.165, 1.54) is 24.2 Å². The molecule has 1 fully saturated rings. The van der Waals surface area contributed by atoms with Gasteiger partial charge in [0.05, 0.1) is 18.3 Å². The molecule has 0 bridgehead atoms. The van der Waals surface area contributed by atoms with Crippen LogP contribution in [0.1, 0.15) is 50.2 Å². The molecule has 1 saturated carbocycles. The summed E-state index contributed by atoms with van der Waals surface area (Å²) in [5, 5.41) is 23.9. The Labute approximate surface area is 172 Å². The average Bonchev–Trinajstić information content (AvgIpc) is 2.76. The molecule has 1 aliphatic rings. The van der Waals surface area contributed by atoms with Crippen LogP contribution in [-0.2, 0) is 13.1 Å². The van der Waals surface area contributed by atoms with Crippen molar-refractivity contribution in [2.24, 2.45) is 5.92 Å². The van der Waals surface area contributed by atoms with E-state index < -0.39 is 6.09 Å². The van der Waals surface area contributed by atoms with Crippen LogP contribution < -0.4 is 10.2 Å². The Hall–Kier alpha value is -2.44. The third-order valence-corrected chi connectivity index (χ3v) is 5.84. The summed E-state index contributed by atoms with van der Waals surface area (Å²) in [6, 6.07) is 11.1. The summed E-state index contributed by atoms with van der Waals surface area (Å²) in [5.41, 5.74) is 2.37. The highest BCUT2D eigenvalue weighted by Gasteiger charge is 2.26. The summed E-state index contributed by atoms with van der Waals surface area (Å²) in [5.74, 6) is 0.350. The van der Waals surface area contributed by atoms with Crippen LogP contribution >= 0.6 is 0 Å². The van der Waals surface area contributed by atoms with Gasteiger partial charge in [0.2, 0.25) is 0 Å². The third-order valence-electron chi connectivity index (χ3n) is 5.84. The van der Waals surface area contributed by atoms with Crippen LogP contribution in [0.2, 0.25) is 0 Å². The molecule has 1 aromatic carbocycles. The molecule has 0 saturated heterocycles. The van der Waals surface area contributed by atoms with Crippen LogP contribution in [0.5, 0.6) is 0 Å². The molecule has 3 N–H and O–H groups in total. The molecule has 1 aliphatic carbocycles.